The van der Waals surface area contributed by atoms with Gasteiger partial charge in [-0.1, -0.05) is 29.4 Å². The third-order valence-electron chi connectivity index (χ3n) is 4.15. The molecule has 24 heavy (non-hydrogen) atoms. The van der Waals surface area contributed by atoms with Gasteiger partial charge in [0.05, 0.1) is 6.04 Å². The number of aryl methyl sites for hydroxylation is 2. The summed E-state index contributed by atoms with van der Waals surface area (Å²) in [4.78, 5) is 16.4. The summed E-state index contributed by atoms with van der Waals surface area (Å²) in [5.41, 5.74) is 3.38. The van der Waals surface area contributed by atoms with Gasteiger partial charge in [0.2, 0.25) is 11.7 Å². The molecule has 0 fully saturated rings. The Kier molecular flexibility index (Phi) is 3.56. The standard InChI is InChI=1S/C16H15N5O3/c1-2-14-19-15(21-23-14)10-3-5-11-9(7-10)4-6-12(11)18-16(22)13-8-17-24-20-13/h3,5,7-8,12H,2,4,6H2,1H3,(H,18,22)/t12-/m1/s1. The van der Waals surface area contributed by atoms with Crippen molar-refractivity contribution in [3.05, 3.63) is 47.1 Å². The number of rotatable bonds is 4. The molecule has 0 saturated heterocycles. The molecule has 8 heteroatoms. The zero-order valence-electron chi connectivity index (χ0n) is 13.0. The van der Waals surface area contributed by atoms with E-state index in [9.17, 15) is 4.79 Å². The molecule has 8 nitrogen and oxygen atoms in total. The van der Waals surface area contributed by atoms with Crippen LogP contribution >= 0.6 is 0 Å². The lowest BCUT2D eigenvalue weighted by molar-refractivity contribution is 0.0926. The van der Waals surface area contributed by atoms with Crippen molar-refractivity contribution in [1.29, 1.82) is 0 Å². The normalized spacial score (nSPS) is 16.1. The molecule has 4 rings (SSSR count). The minimum absolute atomic E-state index is 0.0466. The third-order valence-corrected chi connectivity index (χ3v) is 4.15. The highest BCUT2D eigenvalue weighted by Crippen LogP contribution is 2.33. The quantitative estimate of drug-likeness (QED) is 0.782. The summed E-state index contributed by atoms with van der Waals surface area (Å²) >= 11 is 0. The lowest BCUT2D eigenvalue weighted by Gasteiger charge is -2.13. The average Bonchev–Trinajstić information content (AvgIpc) is 3.35. The van der Waals surface area contributed by atoms with E-state index in [2.05, 4.69) is 36.5 Å². The number of hydrogen-bond donors (Lipinski definition) is 1. The van der Waals surface area contributed by atoms with Crippen molar-refractivity contribution in [2.45, 2.75) is 32.2 Å². The van der Waals surface area contributed by atoms with Crippen molar-refractivity contribution in [2.24, 2.45) is 0 Å². The topological polar surface area (TPSA) is 107 Å². The van der Waals surface area contributed by atoms with Gasteiger partial charge in [-0.05, 0) is 35.2 Å². The largest absolute Gasteiger partial charge is 0.344 e. The number of benzene rings is 1. The molecule has 2 heterocycles. The zero-order valence-corrected chi connectivity index (χ0v) is 13.0. The van der Waals surface area contributed by atoms with Crippen LogP contribution in [0.5, 0.6) is 0 Å². The van der Waals surface area contributed by atoms with E-state index >= 15 is 0 Å². The summed E-state index contributed by atoms with van der Waals surface area (Å²) in [5.74, 6) is 0.927. The molecule has 122 valence electrons. The first kappa shape index (κ1) is 14.6. The Morgan fingerprint density at radius 2 is 2.29 bits per heavy atom. The maximum atomic E-state index is 12.1. The number of nitrogens with one attached hydrogen (secondary N) is 1. The molecule has 1 atom stereocenters. The molecule has 0 spiro atoms. The monoisotopic (exact) mass is 325 g/mol. The third kappa shape index (κ3) is 2.55. The van der Waals surface area contributed by atoms with E-state index in [0.29, 0.717) is 18.1 Å². The highest BCUT2D eigenvalue weighted by molar-refractivity contribution is 5.92. The lowest BCUT2D eigenvalue weighted by atomic mass is 10.0. The summed E-state index contributed by atoms with van der Waals surface area (Å²) in [6.07, 6.45) is 3.73. The molecule has 0 aliphatic heterocycles. The van der Waals surface area contributed by atoms with Gasteiger partial charge in [-0.25, -0.2) is 4.63 Å². The first-order valence-corrected chi connectivity index (χ1v) is 7.79. The van der Waals surface area contributed by atoms with Crippen LogP contribution in [0, 0.1) is 0 Å². The van der Waals surface area contributed by atoms with E-state index in [0.717, 1.165) is 24.0 Å². The fraction of sp³-hybridized carbons (Fsp3) is 0.312. The van der Waals surface area contributed by atoms with Crippen molar-refractivity contribution in [3.63, 3.8) is 0 Å². The second kappa shape index (κ2) is 5.88. The Labute approximate surface area is 137 Å². The number of hydrogen-bond acceptors (Lipinski definition) is 7. The minimum atomic E-state index is -0.288. The second-order valence-electron chi connectivity index (χ2n) is 5.64. The van der Waals surface area contributed by atoms with Crippen LogP contribution < -0.4 is 5.32 Å². The van der Waals surface area contributed by atoms with Crippen LogP contribution in [0.2, 0.25) is 0 Å². The van der Waals surface area contributed by atoms with E-state index in [1.807, 2.05) is 19.1 Å². The predicted molar refractivity (Wildman–Crippen MR) is 81.9 cm³/mol. The molecular weight excluding hydrogens is 310 g/mol. The van der Waals surface area contributed by atoms with Crippen LogP contribution in [0.1, 0.15) is 46.9 Å². The van der Waals surface area contributed by atoms with Crippen LogP contribution in [-0.2, 0) is 12.8 Å². The van der Waals surface area contributed by atoms with Gasteiger partial charge in [-0.15, -0.1) is 0 Å². The van der Waals surface area contributed by atoms with Crippen molar-refractivity contribution < 1.29 is 13.9 Å². The molecule has 2 aromatic heterocycles. The van der Waals surface area contributed by atoms with Gasteiger partial charge in [-0.3, -0.25) is 4.79 Å². The molecule has 1 aliphatic rings. The van der Waals surface area contributed by atoms with Crippen LogP contribution in [0.25, 0.3) is 11.4 Å². The molecule has 3 aromatic rings. The molecule has 1 aromatic carbocycles. The molecular formula is C16H15N5O3. The predicted octanol–water partition coefficient (Wildman–Crippen LogP) is 2.10. The van der Waals surface area contributed by atoms with Crippen molar-refractivity contribution in [1.82, 2.24) is 25.8 Å². The van der Waals surface area contributed by atoms with Crippen molar-refractivity contribution in [2.75, 3.05) is 0 Å². The maximum absolute atomic E-state index is 12.1. The van der Waals surface area contributed by atoms with Gasteiger partial charge in [0.25, 0.3) is 5.91 Å². The fourth-order valence-electron chi connectivity index (χ4n) is 2.92. The smallest absolute Gasteiger partial charge is 0.275 e. The average molecular weight is 325 g/mol. The van der Waals surface area contributed by atoms with Gasteiger partial charge in [0, 0.05) is 12.0 Å². The Morgan fingerprint density at radius 1 is 1.38 bits per heavy atom. The first-order valence-electron chi connectivity index (χ1n) is 7.79. The highest BCUT2D eigenvalue weighted by atomic mass is 16.6. The number of aromatic nitrogens is 4. The zero-order chi connectivity index (χ0) is 16.5. The lowest BCUT2D eigenvalue weighted by Crippen LogP contribution is -2.27. The van der Waals surface area contributed by atoms with Gasteiger partial charge < -0.3 is 9.84 Å². The van der Waals surface area contributed by atoms with E-state index in [1.54, 1.807) is 0 Å². The minimum Gasteiger partial charge on any atom is -0.344 e. The molecule has 1 N–H and O–H groups in total. The molecule has 0 unspecified atom stereocenters. The Morgan fingerprint density at radius 3 is 3.04 bits per heavy atom. The van der Waals surface area contributed by atoms with Gasteiger partial charge in [0.15, 0.2) is 5.69 Å². The van der Waals surface area contributed by atoms with Gasteiger partial charge in [-0.2, -0.15) is 4.98 Å². The van der Waals surface area contributed by atoms with E-state index < -0.39 is 0 Å². The van der Waals surface area contributed by atoms with Crippen LogP contribution in [0.3, 0.4) is 0 Å². The Balaban J connectivity index is 1.55. The summed E-state index contributed by atoms with van der Waals surface area (Å²) in [7, 11) is 0. The maximum Gasteiger partial charge on any atom is 0.275 e. The first-order chi connectivity index (χ1) is 11.7. The second-order valence-corrected chi connectivity index (χ2v) is 5.64. The molecule has 0 bridgehead atoms. The summed E-state index contributed by atoms with van der Waals surface area (Å²) in [6.45, 7) is 1.97. The summed E-state index contributed by atoms with van der Waals surface area (Å²) in [5, 5.41) is 14.0. The fourth-order valence-corrected chi connectivity index (χ4v) is 2.92. The van der Waals surface area contributed by atoms with Crippen LogP contribution in [-0.4, -0.2) is 26.4 Å². The van der Waals surface area contributed by atoms with Gasteiger partial charge >= 0.3 is 0 Å². The summed E-state index contributed by atoms with van der Waals surface area (Å²) < 4.78 is 9.62. The van der Waals surface area contributed by atoms with E-state index in [4.69, 9.17) is 4.52 Å². The molecule has 0 radical (unpaired) electrons. The van der Waals surface area contributed by atoms with E-state index in [1.165, 1.54) is 11.8 Å². The van der Waals surface area contributed by atoms with Crippen LogP contribution in [0.4, 0.5) is 0 Å². The number of carbonyl (C=O) groups excluding carboxylic acids is 1. The molecule has 1 aliphatic carbocycles. The highest BCUT2D eigenvalue weighted by Gasteiger charge is 2.26. The number of amides is 1. The number of carbonyl (C=O) groups is 1. The van der Waals surface area contributed by atoms with E-state index in [-0.39, 0.29) is 17.6 Å². The van der Waals surface area contributed by atoms with Gasteiger partial charge in [0.1, 0.15) is 6.20 Å². The Hall–Kier alpha value is -3.03. The Bertz CT molecular complexity index is 872. The molecule has 1 amide bonds. The van der Waals surface area contributed by atoms with Crippen LogP contribution in [0.15, 0.2) is 33.5 Å². The summed E-state index contributed by atoms with van der Waals surface area (Å²) in [6, 6.07) is 5.97. The van der Waals surface area contributed by atoms with Crippen molar-refractivity contribution in [3.8, 4) is 11.4 Å². The SMILES string of the molecule is CCc1nc(-c2ccc3c(c2)CC[C@H]3NC(=O)c2cnon2)no1. The number of nitrogens with zero attached hydrogens (tertiary/aromatic N) is 4. The molecule has 0 saturated carbocycles. The number of fused-ring (bicyclic) bond motifs is 1. The van der Waals surface area contributed by atoms with Crippen molar-refractivity contribution >= 4 is 5.91 Å².